The molecule has 0 radical (unpaired) electrons. The summed E-state index contributed by atoms with van der Waals surface area (Å²) in [5.74, 6) is -0.146. The molecule has 4 nitrogen and oxygen atoms in total. The molecular formula is C7H11N3O. The predicted molar refractivity (Wildman–Crippen MR) is 42.8 cm³/mol. The van der Waals surface area contributed by atoms with E-state index < -0.39 is 0 Å². The van der Waals surface area contributed by atoms with Gasteiger partial charge in [-0.2, -0.15) is 10.2 Å². The molecule has 1 amide bonds. The normalized spacial score (nSPS) is 18.2. The molecule has 4 heteroatoms. The van der Waals surface area contributed by atoms with Gasteiger partial charge in [-0.05, 0) is 6.92 Å². The Labute approximate surface area is 65.8 Å². The van der Waals surface area contributed by atoms with Gasteiger partial charge in [-0.1, -0.05) is 6.58 Å². The van der Waals surface area contributed by atoms with E-state index in [0.29, 0.717) is 11.3 Å². The summed E-state index contributed by atoms with van der Waals surface area (Å²) in [6.07, 6.45) is 0. The van der Waals surface area contributed by atoms with Crippen LogP contribution >= 0.6 is 0 Å². The van der Waals surface area contributed by atoms with E-state index in [1.54, 1.807) is 26.0 Å². The van der Waals surface area contributed by atoms with E-state index in [9.17, 15) is 4.79 Å². The summed E-state index contributed by atoms with van der Waals surface area (Å²) < 4.78 is 0. The van der Waals surface area contributed by atoms with Crippen LogP contribution in [0.15, 0.2) is 17.3 Å². The maximum absolute atomic E-state index is 11.2. The van der Waals surface area contributed by atoms with E-state index in [2.05, 4.69) is 11.7 Å². The van der Waals surface area contributed by atoms with Gasteiger partial charge >= 0.3 is 0 Å². The van der Waals surface area contributed by atoms with Crippen molar-refractivity contribution < 1.29 is 4.79 Å². The van der Waals surface area contributed by atoms with Crippen molar-refractivity contribution in [3.8, 4) is 0 Å². The fourth-order valence-electron chi connectivity index (χ4n) is 0.794. The molecule has 0 aromatic carbocycles. The van der Waals surface area contributed by atoms with E-state index in [1.807, 2.05) is 0 Å². The van der Waals surface area contributed by atoms with Crippen LogP contribution in [0.2, 0.25) is 0 Å². The topological polar surface area (TPSA) is 35.9 Å². The molecule has 0 spiro atoms. The highest BCUT2D eigenvalue weighted by atomic mass is 16.2. The van der Waals surface area contributed by atoms with Crippen LogP contribution in [-0.2, 0) is 4.79 Å². The third kappa shape index (κ3) is 1.17. The van der Waals surface area contributed by atoms with Crippen LogP contribution in [0.4, 0.5) is 0 Å². The Kier molecular flexibility index (Phi) is 1.78. The van der Waals surface area contributed by atoms with Crippen LogP contribution in [0.1, 0.15) is 6.92 Å². The van der Waals surface area contributed by atoms with Gasteiger partial charge in [-0.15, -0.1) is 0 Å². The molecule has 0 aliphatic carbocycles. The molecule has 60 valence electrons. The zero-order chi connectivity index (χ0) is 8.59. The number of nitrogens with zero attached hydrogens (tertiary/aromatic N) is 3. The minimum Gasteiger partial charge on any atom is -0.266 e. The smallest absolute Gasteiger partial charge is 0.266 e. The zero-order valence-corrected chi connectivity index (χ0v) is 6.96. The van der Waals surface area contributed by atoms with Crippen molar-refractivity contribution in [3.05, 3.63) is 12.2 Å². The first-order valence-corrected chi connectivity index (χ1v) is 3.30. The number of rotatable bonds is 1. The van der Waals surface area contributed by atoms with Crippen LogP contribution in [0, 0.1) is 0 Å². The molecule has 1 aliphatic rings. The Hall–Kier alpha value is -1.16. The lowest BCUT2D eigenvalue weighted by Crippen LogP contribution is -2.34. The summed E-state index contributed by atoms with van der Waals surface area (Å²) in [5.41, 5.74) is 1.16. The van der Waals surface area contributed by atoms with Crippen molar-refractivity contribution in [1.29, 1.82) is 0 Å². The maximum Gasteiger partial charge on any atom is 0.290 e. The van der Waals surface area contributed by atoms with Crippen LogP contribution in [0.5, 0.6) is 0 Å². The molecule has 11 heavy (non-hydrogen) atoms. The molecule has 0 bridgehead atoms. The second-order valence-electron chi connectivity index (χ2n) is 2.61. The van der Waals surface area contributed by atoms with E-state index >= 15 is 0 Å². The number of hydrogen-bond acceptors (Lipinski definition) is 3. The van der Waals surface area contributed by atoms with Gasteiger partial charge in [-0.25, -0.2) is 5.01 Å². The molecule has 0 aromatic heterocycles. The third-order valence-corrected chi connectivity index (χ3v) is 1.50. The lowest BCUT2D eigenvalue weighted by Gasteiger charge is -2.18. The minimum atomic E-state index is -0.146. The van der Waals surface area contributed by atoms with Crippen molar-refractivity contribution >= 4 is 11.6 Å². The van der Waals surface area contributed by atoms with Gasteiger partial charge in [0.25, 0.3) is 5.91 Å². The molecule has 1 rings (SSSR count). The van der Waals surface area contributed by atoms with Gasteiger partial charge in [0, 0.05) is 14.1 Å². The van der Waals surface area contributed by atoms with E-state index in [0.717, 1.165) is 0 Å². The summed E-state index contributed by atoms with van der Waals surface area (Å²) >= 11 is 0. The number of amides is 1. The molecule has 0 fully saturated rings. The van der Waals surface area contributed by atoms with Crippen LogP contribution < -0.4 is 0 Å². The Morgan fingerprint density at radius 2 is 2.09 bits per heavy atom. The van der Waals surface area contributed by atoms with Crippen molar-refractivity contribution in [2.45, 2.75) is 6.92 Å². The summed E-state index contributed by atoms with van der Waals surface area (Å²) in [6, 6.07) is 0. The van der Waals surface area contributed by atoms with Gasteiger partial charge in [0.2, 0.25) is 0 Å². The Bertz CT molecular complexity index is 242. The Morgan fingerprint density at radius 3 is 2.27 bits per heavy atom. The molecule has 0 saturated carbocycles. The SMILES string of the molecule is C=C1C(=O)N(N(C)C)N=C1C. The molecule has 0 atom stereocenters. The number of hydrazine groups is 1. The summed E-state index contributed by atoms with van der Waals surface area (Å²) in [4.78, 5) is 11.2. The molecule has 0 aromatic rings. The summed E-state index contributed by atoms with van der Waals surface area (Å²) in [5, 5.41) is 6.88. The molecule has 1 heterocycles. The van der Waals surface area contributed by atoms with Crippen molar-refractivity contribution in [2.24, 2.45) is 5.10 Å². The highest BCUT2D eigenvalue weighted by Gasteiger charge is 2.26. The second kappa shape index (κ2) is 2.47. The van der Waals surface area contributed by atoms with Crippen molar-refractivity contribution in [3.63, 3.8) is 0 Å². The first kappa shape index (κ1) is 7.94. The fourth-order valence-corrected chi connectivity index (χ4v) is 0.794. The highest BCUT2D eigenvalue weighted by Crippen LogP contribution is 2.12. The number of carbonyl (C=O) groups is 1. The average Bonchev–Trinajstić information content (AvgIpc) is 2.17. The minimum absolute atomic E-state index is 0.146. The fraction of sp³-hybridized carbons (Fsp3) is 0.429. The van der Waals surface area contributed by atoms with Gasteiger partial charge in [-0.3, -0.25) is 4.79 Å². The second-order valence-corrected chi connectivity index (χ2v) is 2.61. The number of carbonyl (C=O) groups excluding carboxylic acids is 1. The van der Waals surface area contributed by atoms with E-state index in [-0.39, 0.29) is 5.91 Å². The molecular weight excluding hydrogens is 142 g/mol. The highest BCUT2D eigenvalue weighted by molar-refractivity contribution is 6.23. The van der Waals surface area contributed by atoms with E-state index in [1.165, 1.54) is 5.12 Å². The Balaban J connectivity index is 2.89. The Morgan fingerprint density at radius 1 is 1.55 bits per heavy atom. The largest absolute Gasteiger partial charge is 0.290 e. The quantitative estimate of drug-likeness (QED) is 0.506. The molecule has 0 N–H and O–H groups in total. The van der Waals surface area contributed by atoms with Gasteiger partial charge < -0.3 is 0 Å². The average molecular weight is 153 g/mol. The monoisotopic (exact) mass is 153 g/mol. The van der Waals surface area contributed by atoms with Crippen molar-refractivity contribution in [1.82, 2.24) is 10.1 Å². The standard InChI is InChI=1S/C7H11N3O/c1-5-6(2)8-10(7(5)11)9(3)4/h1H2,2-4H3. The van der Waals surface area contributed by atoms with Gasteiger partial charge in [0.05, 0.1) is 11.3 Å². The lowest BCUT2D eigenvalue weighted by atomic mass is 10.2. The molecule has 0 unspecified atom stereocenters. The molecule has 0 saturated heterocycles. The van der Waals surface area contributed by atoms with Crippen LogP contribution in [-0.4, -0.2) is 35.8 Å². The van der Waals surface area contributed by atoms with Crippen molar-refractivity contribution in [2.75, 3.05) is 14.1 Å². The predicted octanol–water partition coefficient (Wildman–Crippen LogP) is 0.237. The first-order valence-electron chi connectivity index (χ1n) is 3.30. The summed E-state index contributed by atoms with van der Waals surface area (Å²) in [6.45, 7) is 5.37. The zero-order valence-electron chi connectivity index (χ0n) is 6.96. The van der Waals surface area contributed by atoms with Gasteiger partial charge in [0.15, 0.2) is 0 Å². The van der Waals surface area contributed by atoms with E-state index in [4.69, 9.17) is 0 Å². The van der Waals surface area contributed by atoms with Crippen LogP contribution in [0.3, 0.4) is 0 Å². The maximum atomic E-state index is 11.2. The van der Waals surface area contributed by atoms with Gasteiger partial charge in [0.1, 0.15) is 0 Å². The lowest BCUT2D eigenvalue weighted by molar-refractivity contribution is -0.138. The summed E-state index contributed by atoms with van der Waals surface area (Å²) in [7, 11) is 3.51. The van der Waals surface area contributed by atoms with Crippen LogP contribution in [0.25, 0.3) is 0 Å². The number of hydrazone groups is 1. The molecule has 1 aliphatic heterocycles. The third-order valence-electron chi connectivity index (χ3n) is 1.50. The number of hydrogen-bond donors (Lipinski definition) is 0. The first-order chi connectivity index (χ1) is 5.04.